The van der Waals surface area contributed by atoms with Crippen molar-refractivity contribution in [3.8, 4) is 0 Å². The number of hydrogen-bond acceptors (Lipinski definition) is 6. The molecule has 3 atom stereocenters. The predicted octanol–water partition coefficient (Wildman–Crippen LogP) is 4.14. The van der Waals surface area contributed by atoms with Gasteiger partial charge in [-0.3, -0.25) is 4.57 Å². The molecule has 0 amide bonds. The van der Waals surface area contributed by atoms with Gasteiger partial charge in [-0.25, -0.2) is 0 Å². The topological polar surface area (TPSA) is 105 Å². The molecule has 0 saturated carbocycles. The molecule has 0 aliphatic carbocycles. The van der Waals surface area contributed by atoms with Gasteiger partial charge in [0.05, 0.1) is 39.9 Å². The molecule has 0 aliphatic rings. The van der Waals surface area contributed by atoms with Gasteiger partial charge in [0.1, 0.15) is 13.2 Å². The fourth-order valence-corrected chi connectivity index (χ4v) is 3.78. The summed E-state index contributed by atoms with van der Waals surface area (Å²) in [4.78, 5) is 11.8. The van der Waals surface area contributed by atoms with E-state index in [1.165, 1.54) is 64.2 Å². The average molecular weight is 465 g/mol. The lowest BCUT2D eigenvalue weighted by molar-refractivity contribution is -0.870. The Labute approximate surface area is 191 Å². The van der Waals surface area contributed by atoms with Gasteiger partial charge in [0.15, 0.2) is 0 Å². The van der Waals surface area contributed by atoms with Gasteiger partial charge in [-0.05, 0) is 12.8 Å². The van der Waals surface area contributed by atoms with Crippen LogP contribution in [0.15, 0.2) is 12.2 Å². The molecule has 8 heteroatoms. The van der Waals surface area contributed by atoms with Crippen LogP contribution in [-0.4, -0.2) is 62.6 Å². The van der Waals surface area contributed by atoms with Crippen molar-refractivity contribution >= 4 is 7.82 Å². The number of allylic oxidation sites excluding steroid dienone is 1. The molecular formula is C23H49N2O5P. The van der Waals surface area contributed by atoms with Gasteiger partial charge in [0.25, 0.3) is 7.82 Å². The monoisotopic (exact) mass is 464 g/mol. The van der Waals surface area contributed by atoms with Crippen molar-refractivity contribution < 1.29 is 28.1 Å². The minimum absolute atomic E-state index is 0.0426. The third kappa shape index (κ3) is 21.3. The molecule has 0 aromatic heterocycles. The van der Waals surface area contributed by atoms with Crippen LogP contribution in [0.3, 0.4) is 0 Å². The molecule has 0 heterocycles. The number of unbranched alkanes of at least 4 members (excludes halogenated alkanes) is 11. The second kappa shape index (κ2) is 18.2. The molecule has 0 aliphatic heterocycles. The quantitative estimate of drug-likeness (QED) is 0.114. The minimum atomic E-state index is -4.41. The number of nitrogens with two attached hydrogens (primary N) is 1. The van der Waals surface area contributed by atoms with E-state index in [1.807, 2.05) is 27.2 Å². The van der Waals surface area contributed by atoms with Crippen molar-refractivity contribution in [1.29, 1.82) is 0 Å². The number of aliphatic hydroxyl groups is 1. The number of nitrogens with zero attached hydrogens (tertiary/aromatic N) is 1. The summed E-state index contributed by atoms with van der Waals surface area (Å²) in [5.74, 6) is 0. The minimum Gasteiger partial charge on any atom is -0.756 e. The molecule has 3 N–H and O–H groups in total. The first kappa shape index (κ1) is 30.7. The largest absolute Gasteiger partial charge is 0.756 e. The van der Waals surface area contributed by atoms with Crippen LogP contribution in [0, 0.1) is 0 Å². The standard InChI is InChI=1S/C23H49N2O5P/c1-5-6-7-8-9-10-11-12-13-14-15-16-17-18-23(26)22(24)21-30-31(27,28)29-20-19-25(2,3)4/h17-18,22-23,26H,5-16,19-21,24H2,1-4H3/b18-17+/t22-,23+/m1/s1. The molecular weight excluding hydrogens is 415 g/mol. The van der Waals surface area contributed by atoms with E-state index < -0.39 is 20.0 Å². The van der Waals surface area contributed by atoms with Crippen LogP contribution in [0.4, 0.5) is 0 Å². The van der Waals surface area contributed by atoms with Crippen molar-refractivity contribution in [1.82, 2.24) is 0 Å². The molecule has 0 radical (unpaired) electrons. The van der Waals surface area contributed by atoms with Crippen molar-refractivity contribution in [2.45, 2.75) is 96.1 Å². The second-order valence-corrected chi connectivity index (χ2v) is 10.9. The van der Waals surface area contributed by atoms with Crippen LogP contribution in [0.5, 0.6) is 0 Å². The summed E-state index contributed by atoms with van der Waals surface area (Å²) in [5.41, 5.74) is 5.82. The maximum Gasteiger partial charge on any atom is 0.268 e. The molecule has 0 saturated heterocycles. The lowest BCUT2D eigenvalue weighted by Gasteiger charge is -2.28. The van der Waals surface area contributed by atoms with Gasteiger partial charge in [0.2, 0.25) is 0 Å². The van der Waals surface area contributed by atoms with Gasteiger partial charge in [-0.2, -0.15) is 0 Å². The number of hydrogen-bond donors (Lipinski definition) is 2. The smallest absolute Gasteiger partial charge is 0.268 e. The summed E-state index contributed by atoms with van der Waals surface area (Å²) in [6.07, 6.45) is 17.8. The van der Waals surface area contributed by atoms with E-state index >= 15 is 0 Å². The summed E-state index contributed by atoms with van der Waals surface area (Å²) in [6, 6.07) is -0.821. The molecule has 0 spiro atoms. The Balaban J connectivity index is 3.74. The SMILES string of the molecule is CCCCCCCCCCCCC/C=C/[C@H](O)[C@H](N)COP(=O)([O-])OCC[N+](C)(C)C. The number of likely N-dealkylation sites (N-methyl/N-ethyl adjacent to an activating group) is 1. The summed E-state index contributed by atoms with van der Waals surface area (Å²) >= 11 is 0. The fourth-order valence-electron chi connectivity index (χ4n) is 3.04. The van der Waals surface area contributed by atoms with Crippen molar-refractivity contribution in [3.05, 3.63) is 12.2 Å². The molecule has 31 heavy (non-hydrogen) atoms. The third-order valence-electron chi connectivity index (χ3n) is 5.18. The van der Waals surface area contributed by atoms with Crippen molar-refractivity contribution in [2.75, 3.05) is 40.9 Å². The van der Waals surface area contributed by atoms with Gasteiger partial charge < -0.3 is 29.3 Å². The van der Waals surface area contributed by atoms with Crippen molar-refractivity contribution in [3.63, 3.8) is 0 Å². The maximum atomic E-state index is 11.8. The molecule has 0 rings (SSSR count). The van der Waals surface area contributed by atoms with Crippen LogP contribution in [0.2, 0.25) is 0 Å². The lowest BCUT2D eigenvalue weighted by Crippen LogP contribution is -2.39. The van der Waals surface area contributed by atoms with Crippen molar-refractivity contribution in [2.24, 2.45) is 5.73 Å². The zero-order valence-electron chi connectivity index (χ0n) is 20.5. The summed E-state index contributed by atoms with van der Waals surface area (Å²) in [6.45, 7) is 2.51. The van der Waals surface area contributed by atoms with Gasteiger partial charge in [-0.15, -0.1) is 0 Å². The third-order valence-corrected chi connectivity index (χ3v) is 6.15. The number of phosphoric acid groups is 1. The van der Waals surface area contributed by atoms with Gasteiger partial charge >= 0.3 is 0 Å². The molecule has 0 aromatic rings. The summed E-state index contributed by atoms with van der Waals surface area (Å²) in [5, 5.41) is 10.0. The predicted molar refractivity (Wildman–Crippen MR) is 127 cm³/mol. The normalized spacial score (nSPS) is 16.5. The molecule has 1 unspecified atom stereocenters. The number of aliphatic hydroxyl groups excluding tert-OH is 1. The molecule has 0 bridgehead atoms. The van der Waals surface area contributed by atoms with E-state index in [0.29, 0.717) is 11.0 Å². The lowest BCUT2D eigenvalue weighted by atomic mass is 10.0. The Morgan fingerprint density at radius 1 is 0.968 bits per heavy atom. The fraction of sp³-hybridized carbons (Fsp3) is 0.913. The Morgan fingerprint density at radius 3 is 2.00 bits per heavy atom. The highest BCUT2D eigenvalue weighted by atomic mass is 31.2. The van der Waals surface area contributed by atoms with E-state index in [4.69, 9.17) is 14.8 Å². The number of quaternary nitrogens is 1. The van der Waals surface area contributed by atoms with Crippen LogP contribution in [-0.2, 0) is 13.6 Å². The average Bonchev–Trinajstić information content (AvgIpc) is 2.68. The molecule has 0 fully saturated rings. The highest BCUT2D eigenvalue weighted by Gasteiger charge is 2.18. The second-order valence-electron chi connectivity index (χ2n) is 9.50. The van der Waals surface area contributed by atoms with Crippen LogP contribution >= 0.6 is 7.82 Å². The first-order chi connectivity index (χ1) is 14.6. The highest BCUT2D eigenvalue weighted by molar-refractivity contribution is 7.45. The van der Waals surface area contributed by atoms with E-state index in [2.05, 4.69) is 6.92 Å². The van der Waals surface area contributed by atoms with Crippen LogP contribution in [0.25, 0.3) is 0 Å². The molecule has 186 valence electrons. The van der Waals surface area contributed by atoms with Crippen LogP contribution < -0.4 is 10.6 Å². The molecule has 7 nitrogen and oxygen atoms in total. The van der Waals surface area contributed by atoms with E-state index in [-0.39, 0.29) is 13.2 Å². The first-order valence-corrected chi connectivity index (χ1v) is 13.5. The summed E-state index contributed by atoms with van der Waals surface area (Å²) < 4.78 is 22.0. The van der Waals surface area contributed by atoms with E-state index in [0.717, 1.165) is 12.8 Å². The van der Waals surface area contributed by atoms with Gasteiger partial charge in [0, 0.05) is 0 Å². The Morgan fingerprint density at radius 2 is 1.48 bits per heavy atom. The van der Waals surface area contributed by atoms with Gasteiger partial charge in [-0.1, -0.05) is 83.3 Å². The highest BCUT2D eigenvalue weighted by Crippen LogP contribution is 2.38. The van der Waals surface area contributed by atoms with Crippen LogP contribution in [0.1, 0.15) is 84.0 Å². The van der Waals surface area contributed by atoms with E-state index in [9.17, 15) is 14.6 Å². The Hall–Kier alpha value is -0.270. The zero-order valence-corrected chi connectivity index (χ0v) is 21.4. The zero-order chi connectivity index (χ0) is 23.6. The van der Waals surface area contributed by atoms with E-state index in [1.54, 1.807) is 6.08 Å². The first-order valence-electron chi connectivity index (χ1n) is 12.1. The summed E-state index contributed by atoms with van der Waals surface area (Å²) in [7, 11) is 1.41. The number of rotatable bonds is 21. The molecule has 0 aromatic carbocycles. The Bertz CT molecular complexity index is 497. The number of phosphoric ester groups is 1. The maximum absolute atomic E-state index is 11.8. The Kier molecular flexibility index (Phi) is 18.0.